The summed E-state index contributed by atoms with van der Waals surface area (Å²) < 4.78 is 20.3. The van der Waals surface area contributed by atoms with Gasteiger partial charge in [-0.15, -0.1) is 0 Å². The van der Waals surface area contributed by atoms with Crippen molar-refractivity contribution in [1.29, 1.82) is 0 Å². The van der Waals surface area contributed by atoms with Crippen LogP contribution < -0.4 is 10.1 Å². The summed E-state index contributed by atoms with van der Waals surface area (Å²) in [4.78, 5) is 0. The average molecular weight is 371 g/mol. The zero-order valence-corrected chi connectivity index (χ0v) is 13.5. The van der Waals surface area contributed by atoms with E-state index in [-0.39, 0.29) is 5.75 Å². The molecule has 0 aromatic heterocycles. The van der Waals surface area contributed by atoms with Gasteiger partial charge < -0.3 is 10.1 Å². The fourth-order valence-electron chi connectivity index (χ4n) is 2.01. The highest BCUT2D eigenvalue weighted by molar-refractivity contribution is 9.10. The molecule has 5 heteroatoms. The van der Waals surface area contributed by atoms with Crippen LogP contribution in [0.15, 0.2) is 40.9 Å². The highest BCUT2D eigenvalue weighted by Crippen LogP contribution is 2.35. The van der Waals surface area contributed by atoms with Crippen molar-refractivity contribution >= 4 is 27.5 Å². The predicted octanol–water partition coefficient (Wildman–Crippen LogP) is 5.29. The normalized spacial score (nSPS) is 14.2. The second-order valence-corrected chi connectivity index (χ2v) is 6.38. The van der Waals surface area contributed by atoms with Gasteiger partial charge in [-0.2, -0.15) is 0 Å². The van der Waals surface area contributed by atoms with Crippen LogP contribution >= 0.6 is 27.5 Å². The first-order valence-electron chi connectivity index (χ1n) is 6.77. The minimum Gasteiger partial charge on any atom is -0.452 e. The first-order valence-corrected chi connectivity index (χ1v) is 7.94. The van der Waals surface area contributed by atoms with Gasteiger partial charge in [-0.1, -0.05) is 39.7 Å². The molecule has 1 fully saturated rings. The third-order valence-electron chi connectivity index (χ3n) is 3.31. The highest BCUT2D eigenvalue weighted by Gasteiger charge is 2.21. The minimum atomic E-state index is -0.417. The van der Waals surface area contributed by atoms with Crippen molar-refractivity contribution in [1.82, 2.24) is 5.32 Å². The molecule has 21 heavy (non-hydrogen) atoms. The zero-order chi connectivity index (χ0) is 14.8. The van der Waals surface area contributed by atoms with E-state index in [1.54, 1.807) is 18.2 Å². The monoisotopic (exact) mass is 369 g/mol. The van der Waals surface area contributed by atoms with Crippen molar-refractivity contribution in [2.75, 3.05) is 0 Å². The Hall–Kier alpha value is -1.10. The van der Waals surface area contributed by atoms with E-state index in [0.29, 0.717) is 23.4 Å². The molecule has 2 aromatic rings. The summed E-state index contributed by atoms with van der Waals surface area (Å²) >= 11 is 9.53. The Morgan fingerprint density at radius 3 is 2.86 bits per heavy atom. The molecule has 1 saturated carbocycles. The molecule has 0 bridgehead atoms. The molecule has 1 aliphatic carbocycles. The number of halogens is 3. The second-order valence-electron chi connectivity index (χ2n) is 5.06. The molecular formula is C16H14BrClFNO. The van der Waals surface area contributed by atoms with Crippen molar-refractivity contribution in [3.63, 3.8) is 0 Å². The van der Waals surface area contributed by atoms with Crippen molar-refractivity contribution in [2.24, 2.45) is 0 Å². The van der Waals surface area contributed by atoms with E-state index >= 15 is 0 Å². The van der Waals surface area contributed by atoms with E-state index in [0.717, 1.165) is 10.0 Å². The first-order chi connectivity index (χ1) is 10.1. The van der Waals surface area contributed by atoms with Crippen LogP contribution in [0.1, 0.15) is 18.4 Å². The topological polar surface area (TPSA) is 21.3 Å². The molecule has 0 atom stereocenters. The first kappa shape index (κ1) is 14.8. The Morgan fingerprint density at radius 1 is 1.29 bits per heavy atom. The van der Waals surface area contributed by atoms with Crippen LogP contribution in [-0.4, -0.2) is 6.04 Å². The molecule has 0 heterocycles. The van der Waals surface area contributed by atoms with E-state index in [2.05, 4.69) is 21.2 Å². The Bertz CT molecular complexity index is 661. The minimum absolute atomic E-state index is 0.158. The van der Waals surface area contributed by atoms with E-state index < -0.39 is 5.82 Å². The van der Waals surface area contributed by atoms with Gasteiger partial charge in [0.05, 0.1) is 5.02 Å². The van der Waals surface area contributed by atoms with E-state index in [1.807, 2.05) is 12.1 Å². The fraction of sp³-hybridized carbons (Fsp3) is 0.250. The van der Waals surface area contributed by atoms with Gasteiger partial charge in [0.2, 0.25) is 0 Å². The molecule has 0 unspecified atom stereocenters. The van der Waals surface area contributed by atoms with E-state index in [1.165, 1.54) is 18.9 Å². The molecule has 0 amide bonds. The smallest absolute Gasteiger partial charge is 0.165 e. The van der Waals surface area contributed by atoms with Gasteiger partial charge in [-0.25, -0.2) is 4.39 Å². The van der Waals surface area contributed by atoms with Crippen molar-refractivity contribution in [2.45, 2.75) is 25.4 Å². The predicted molar refractivity (Wildman–Crippen MR) is 85.5 cm³/mol. The maximum atomic E-state index is 13.8. The molecule has 0 aliphatic heterocycles. The van der Waals surface area contributed by atoms with Gasteiger partial charge in [-0.3, -0.25) is 0 Å². The Kier molecular flexibility index (Phi) is 4.48. The fourth-order valence-corrected chi connectivity index (χ4v) is 2.59. The van der Waals surface area contributed by atoms with Gasteiger partial charge in [0.15, 0.2) is 17.3 Å². The largest absolute Gasteiger partial charge is 0.452 e. The Morgan fingerprint density at radius 2 is 2.10 bits per heavy atom. The summed E-state index contributed by atoms with van der Waals surface area (Å²) in [6, 6.07) is 10.7. The Labute approximate surface area is 136 Å². The number of benzene rings is 2. The molecule has 110 valence electrons. The third kappa shape index (κ3) is 3.76. The highest BCUT2D eigenvalue weighted by atomic mass is 79.9. The molecule has 0 saturated heterocycles. The lowest BCUT2D eigenvalue weighted by Gasteiger charge is -2.14. The van der Waals surface area contributed by atoms with Crippen LogP contribution in [-0.2, 0) is 6.54 Å². The summed E-state index contributed by atoms with van der Waals surface area (Å²) in [7, 11) is 0. The SMILES string of the molecule is Fc1ccc(Br)cc1Oc1c(Cl)cccc1CNC1CC1. The molecule has 3 rings (SSSR count). The van der Waals surface area contributed by atoms with Crippen molar-refractivity contribution in [3.05, 3.63) is 57.3 Å². The van der Waals surface area contributed by atoms with Crippen LogP contribution in [0.5, 0.6) is 11.5 Å². The summed E-state index contributed by atoms with van der Waals surface area (Å²) in [6.07, 6.45) is 2.41. The van der Waals surface area contributed by atoms with E-state index in [9.17, 15) is 4.39 Å². The molecule has 2 nitrogen and oxygen atoms in total. The maximum Gasteiger partial charge on any atom is 0.165 e. The van der Waals surface area contributed by atoms with E-state index in [4.69, 9.17) is 16.3 Å². The summed E-state index contributed by atoms with van der Waals surface area (Å²) in [6.45, 7) is 0.663. The standard InChI is InChI=1S/C16H14BrClFNO/c17-11-4-7-14(19)15(8-11)21-16-10(2-1-3-13(16)18)9-20-12-5-6-12/h1-4,7-8,12,20H,5-6,9H2. The number of ether oxygens (including phenoxy) is 1. The van der Waals surface area contributed by atoms with Crippen LogP contribution in [0, 0.1) is 5.82 Å². The van der Waals surface area contributed by atoms with Crippen LogP contribution in [0.25, 0.3) is 0 Å². The summed E-state index contributed by atoms with van der Waals surface area (Å²) in [5.74, 6) is 0.244. The van der Waals surface area contributed by atoms with Gasteiger partial charge in [0.1, 0.15) is 0 Å². The zero-order valence-electron chi connectivity index (χ0n) is 11.2. The Balaban J connectivity index is 1.87. The molecular weight excluding hydrogens is 357 g/mol. The lowest BCUT2D eigenvalue weighted by Crippen LogP contribution is -2.15. The van der Waals surface area contributed by atoms with Crippen LogP contribution in [0.2, 0.25) is 5.02 Å². The van der Waals surface area contributed by atoms with Gasteiger partial charge in [0.25, 0.3) is 0 Å². The molecule has 1 aliphatic rings. The average Bonchev–Trinajstić information content (AvgIpc) is 3.27. The van der Waals surface area contributed by atoms with Crippen LogP contribution in [0.4, 0.5) is 4.39 Å². The lowest BCUT2D eigenvalue weighted by molar-refractivity contribution is 0.435. The van der Waals surface area contributed by atoms with Crippen LogP contribution in [0.3, 0.4) is 0 Å². The second kappa shape index (κ2) is 6.34. The van der Waals surface area contributed by atoms with Gasteiger partial charge in [0, 0.05) is 22.6 Å². The molecule has 0 radical (unpaired) electrons. The maximum absolute atomic E-state index is 13.8. The van der Waals surface area contributed by atoms with Crippen molar-refractivity contribution < 1.29 is 9.13 Å². The summed E-state index contributed by atoms with van der Waals surface area (Å²) in [5.41, 5.74) is 0.925. The van der Waals surface area contributed by atoms with Gasteiger partial charge >= 0.3 is 0 Å². The number of para-hydroxylation sites is 1. The number of hydrogen-bond acceptors (Lipinski definition) is 2. The van der Waals surface area contributed by atoms with Gasteiger partial charge in [-0.05, 0) is 37.1 Å². The van der Waals surface area contributed by atoms with Crippen molar-refractivity contribution in [3.8, 4) is 11.5 Å². The summed E-state index contributed by atoms with van der Waals surface area (Å²) in [5, 5.41) is 3.89. The number of rotatable bonds is 5. The quantitative estimate of drug-likeness (QED) is 0.772. The molecule has 0 spiro atoms. The third-order valence-corrected chi connectivity index (χ3v) is 4.10. The lowest BCUT2D eigenvalue weighted by atomic mass is 10.2. The number of nitrogens with one attached hydrogen (secondary N) is 1. The molecule has 1 N–H and O–H groups in total. The molecule has 2 aromatic carbocycles. The number of hydrogen-bond donors (Lipinski definition) is 1.